The molecule has 0 saturated carbocycles. The van der Waals surface area contributed by atoms with Crippen molar-refractivity contribution in [1.82, 2.24) is 20.0 Å². The number of nitrogens with zero attached hydrogens (tertiary/aromatic N) is 3. The number of morpholine rings is 1. The van der Waals surface area contributed by atoms with Gasteiger partial charge in [-0.25, -0.2) is 0 Å². The lowest BCUT2D eigenvalue weighted by atomic mass is 10.2. The predicted molar refractivity (Wildman–Crippen MR) is 85.9 cm³/mol. The molecule has 2 atom stereocenters. The number of ether oxygens (including phenoxy) is 1. The number of rotatable bonds is 7. The fraction of sp³-hybridized carbons (Fsp3) is 0.750. The van der Waals surface area contributed by atoms with Crippen LogP contribution in [0.25, 0.3) is 0 Å². The first-order valence-corrected chi connectivity index (χ1v) is 8.27. The molecule has 6 heteroatoms. The average Bonchev–Trinajstić information content (AvgIpc) is 2.94. The zero-order chi connectivity index (χ0) is 15.9. The molecule has 1 amide bonds. The third-order valence-corrected chi connectivity index (χ3v) is 3.90. The number of hydrogen-bond acceptors (Lipinski definition) is 4. The third kappa shape index (κ3) is 5.10. The number of aromatic nitrogens is 2. The van der Waals surface area contributed by atoms with E-state index in [1.165, 1.54) is 0 Å². The molecule has 0 radical (unpaired) electrons. The first-order chi connectivity index (χ1) is 10.6. The zero-order valence-corrected chi connectivity index (χ0v) is 13.9. The number of nitrogens with one attached hydrogen (secondary N) is 1. The Balaban J connectivity index is 1.60. The van der Waals surface area contributed by atoms with Crippen LogP contribution in [0.15, 0.2) is 12.4 Å². The van der Waals surface area contributed by atoms with Crippen molar-refractivity contribution < 1.29 is 9.53 Å². The van der Waals surface area contributed by atoms with Crippen LogP contribution >= 0.6 is 0 Å². The lowest BCUT2D eigenvalue weighted by Gasteiger charge is -2.35. The number of amides is 1. The van der Waals surface area contributed by atoms with Crippen molar-refractivity contribution in [1.29, 1.82) is 0 Å². The van der Waals surface area contributed by atoms with Crippen LogP contribution in [-0.2, 0) is 11.3 Å². The van der Waals surface area contributed by atoms with Crippen molar-refractivity contribution in [3.63, 3.8) is 0 Å². The molecule has 1 aromatic heterocycles. The van der Waals surface area contributed by atoms with Gasteiger partial charge in [0.2, 0.25) is 0 Å². The highest BCUT2D eigenvalue weighted by Gasteiger charge is 2.21. The Morgan fingerprint density at radius 1 is 1.36 bits per heavy atom. The molecule has 6 nitrogen and oxygen atoms in total. The lowest BCUT2D eigenvalue weighted by molar-refractivity contribution is -0.0681. The van der Waals surface area contributed by atoms with Crippen molar-refractivity contribution >= 4 is 5.91 Å². The molecule has 1 aliphatic rings. The molecule has 1 fully saturated rings. The first-order valence-electron chi connectivity index (χ1n) is 8.27. The maximum absolute atomic E-state index is 11.9. The maximum atomic E-state index is 11.9. The Bertz CT molecular complexity index is 464. The van der Waals surface area contributed by atoms with Gasteiger partial charge in [-0.05, 0) is 40.2 Å². The summed E-state index contributed by atoms with van der Waals surface area (Å²) in [7, 11) is 0. The summed E-state index contributed by atoms with van der Waals surface area (Å²) in [6.07, 6.45) is 6.13. The van der Waals surface area contributed by atoms with E-state index in [1.807, 2.05) is 6.92 Å². The van der Waals surface area contributed by atoms with E-state index in [2.05, 4.69) is 29.2 Å². The van der Waals surface area contributed by atoms with E-state index >= 15 is 0 Å². The maximum Gasteiger partial charge on any atom is 0.254 e. The Hall–Kier alpha value is -1.40. The van der Waals surface area contributed by atoms with Gasteiger partial charge >= 0.3 is 0 Å². The molecular weight excluding hydrogens is 280 g/mol. The minimum atomic E-state index is -0.0340. The molecular formula is C16H28N4O2. The van der Waals surface area contributed by atoms with Crippen LogP contribution < -0.4 is 5.32 Å². The molecule has 2 heterocycles. The van der Waals surface area contributed by atoms with Gasteiger partial charge in [0.15, 0.2) is 0 Å². The van der Waals surface area contributed by atoms with E-state index in [0.717, 1.165) is 39.0 Å². The van der Waals surface area contributed by atoms with Crippen LogP contribution in [0.3, 0.4) is 0 Å². The number of carbonyl (C=O) groups is 1. The van der Waals surface area contributed by atoms with Crippen LogP contribution in [0.2, 0.25) is 0 Å². The molecule has 2 rings (SSSR count). The Morgan fingerprint density at radius 3 is 2.73 bits per heavy atom. The van der Waals surface area contributed by atoms with Crippen molar-refractivity contribution in [2.45, 2.75) is 52.4 Å². The van der Waals surface area contributed by atoms with E-state index in [0.29, 0.717) is 24.3 Å². The Kier molecular flexibility index (Phi) is 6.39. The number of unbranched alkanes of at least 4 members (excludes halogenated alkanes) is 1. The largest absolute Gasteiger partial charge is 0.373 e. The van der Waals surface area contributed by atoms with E-state index in [4.69, 9.17) is 4.74 Å². The molecule has 1 aromatic rings. The summed E-state index contributed by atoms with van der Waals surface area (Å²) in [5.41, 5.74) is 0.637. The number of hydrogen-bond donors (Lipinski definition) is 1. The van der Waals surface area contributed by atoms with Gasteiger partial charge in [-0.2, -0.15) is 5.10 Å². The summed E-state index contributed by atoms with van der Waals surface area (Å²) in [4.78, 5) is 14.4. The summed E-state index contributed by atoms with van der Waals surface area (Å²) >= 11 is 0. The number of aryl methyl sites for hydroxylation is 1. The molecule has 0 aromatic carbocycles. The quantitative estimate of drug-likeness (QED) is 0.776. The van der Waals surface area contributed by atoms with E-state index in [-0.39, 0.29) is 5.91 Å². The molecule has 0 bridgehead atoms. The topological polar surface area (TPSA) is 59.4 Å². The van der Waals surface area contributed by atoms with Gasteiger partial charge in [-0.15, -0.1) is 0 Å². The molecule has 0 unspecified atom stereocenters. The fourth-order valence-electron chi connectivity index (χ4n) is 2.89. The summed E-state index contributed by atoms with van der Waals surface area (Å²) in [6, 6.07) is 0. The van der Waals surface area contributed by atoms with Crippen molar-refractivity contribution in [2.24, 2.45) is 0 Å². The van der Waals surface area contributed by atoms with Gasteiger partial charge in [0.1, 0.15) is 0 Å². The summed E-state index contributed by atoms with van der Waals surface area (Å²) in [6.45, 7) is 10.8. The summed E-state index contributed by atoms with van der Waals surface area (Å²) < 4.78 is 7.49. The Labute approximate surface area is 132 Å². The van der Waals surface area contributed by atoms with Gasteiger partial charge in [-0.1, -0.05) is 0 Å². The monoisotopic (exact) mass is 308 g/mol. The second-order valence-electron chi connectivity index (χ2n) is 6.06. The highest BCUT2D eigenvalue weighted by Crippen LogP contribution is 2.11. The lowest BCUT2D eigenvalue weighted by Crippen LogP contribution is -2.45. The highest BCUT2D eigenvalue weighted by molar-refractivity contribution is 5.93. The second-order valence-corrected chi connectivity index (χ2v) is 6.06. The minimum absolute atomic E-state index is 0.0340. The Morgan fingerprint density at radius 2 is 2.09 bits per heavy atom. The van der Waals surface area contributed by atoms with Crippen LogP contribution in [-0.4, -0.2) is 59.0 Å². The molecule has 124 valence electrons. The van der Waals surface area contributed by atoms with Crippen LogP contribution in [0, 0.1) is 0 Å². The van der Waals surface area contributed by atoms with Crippen molar-refractivity contribution in [2.75, 3.05) is 26.2 Å². The van der Waals surface area contributed by atoms with E-state index in [1.54, 1.807) is 17.1 Å². The molecule has 22 heavy (non-hydrogen) atoms. The van der Waals surface area contributed by atoms with Crippen molar-refractivity contribution in [3.05, 3.63) is 18.0 Å². The fourth-order valence-corrected chi connectivity index (χ4v) is 2.89. The average molecular weight is 308 g/mol. The molecule has 0 spiro atoms. The normalized spacial score (nSPS) is 22.7. The zero-order valence-electron chi connectivity index (χ0n) is 13.9. The standard InChI is InChI=1S/C16H28N4O2/c1-4-20-12-15(9-18-20)16(21)17-7-5-6-8-19-10-13(2)22-14(3)11-19/h9,12-14H,4-8,10-11H2,1-3H3,(H,17,21)/t13-,14+. The molecule has 1 N–H and O–H groups in total. The van der Waals surface area contributed by atoms with E-state index < -0.39 is 0 Å². The molecule has 0 aliphatic carbocycles. The predicted octanol–water partition coefficient (Wildman–Crippen LogP) is 1.52. The van der Waals surface area contributed by atoms with Gasteiger partial charge in [0.25, 0.3) is 5.91 Å². The van der Waals surface area contributed by atoms with Crippen LogP contribution in [0.5, 0.6) is 0 Å². The molecule has 1 aliphatic heterocycles. The first kappa shape index (κ1) is 17.0. The summed E-state index contributed by atoms with van der Waals surface area (Å²) in [5.74, 6) is -0.0340. The summed E-state index contributed by atoms with van der Waals surface area (Å²) in [5, 5.41) is 7.07. The SMILES string of the molecule is CCn1cc(C(=O)NCCCCN2C[C@@H](C)O[C@@H](C)C2)cn1. The second kappa shape index (κ2) is 8.29. The van der Waals surface area contributed by atoms with Crippen LogP contribution in [0.1, 0.15) is 44.0 Å². The van der Waals surface area contributed by atoms with E-state index in [9.17, 15) is 4.79 Å². The van der Waals surface area contributed by atoms with Crippen LogP contribution in [0.4, 0.5) is 0 Å². The van der Waals surface area contributed by atoms with Gasteiger partial charge < -0.3 is 10.1 Å². The molecule has 1 saturated heterocycles. The van der Waals surface area contributed by atoms with Gasteiger partial charge in [0, 0.05) is 32.4 Å². The minimum Gasteiger partial charge on any atom is -0.373 e. The third-order valence-electron chi connectivity index (χ3n) is 3.90. The smallest absolute Gasteiger partial charge is 0.254 e. The van der Waals surface area contributed by atoms with Crippen molar-refractivity contribution in [3.8, 4) is 0 Å². The number of carbonyl (C=O) groups excluding carboxylic acids is 1. The van der Waals surface area contributed by atoms with Gasteiger partial charge in [-0.3, -0.25) is 14.4 Å². The van der Waals surface area contributed by atoms with Gasteiger partial charge in [0.05, 0.1) is 24.0 Å². The highest BCUT2D eigenvalue weighted by atomic mass is 16.5.